The van der Waals surface area contributed by atoms with Gasteiger partial charge in [-0.1, -0.05) is 36.4 Å². The summed E-state index contributed by atoms with van der Waals surface area (Å²) in [6.07, 6.45) is 2.77. The van der Waals surface area contributed by atoms with Crippen molar-refractivity contribution in [2.45, 2.75) is 45.1 Å². The number of nitrogens with one attached hydrogen (secondary N) is 1. The number of halogens is 1. The molecule has 12 heteroatoms. The Kier molecular flexibility index (Phi) is 7.84. The number of rotatable bonds is 7. The van der Waals surface area contributed by atoms with Gasteiger partial charge in [-0.05, 0) is 54.3 Å². The minimum Gasteiger partial charge on any atom is -0.364 e. The van der Waals surface area contributed by atoms with Gasteiger partial charge in [0.15, 0.2) is 5.69 Å². The van der Waals surface area contributed by atoms with Gasteiger partial charge in [-0.15, -0.1) is 0 Å². The molecule has 0 radical (unpaired) electrons. The molecule has 0 saturated carbocycles. The van der Waals surface area contributed by atoms with E-state index in [1.807, 2.05) is 37.3 Å². The number of carbonyl (C=O) groups is 3. The van der Waals surface area contributed by atoms with E-state index in [0.717, 1.165) is 35.6 Å². The van der Waals surface area contributed by atoms with E-state index in [9.17, 15) is 18.8 Å². The molecular weight excluding hydrogens is 599 g/mol. The molecule has 2 unspecified atom stereocenters. The molecule has 238 valence electrons. The van der Waals surface area contributed by atoms with E-state index in [4.69, 9.17) is 10.7 Å². The molecule has 7 rings (SSSR count). The molecule has 5 aromatic rings. The maximum absolute atomic E-state index is 14.8. The van der Waals surface area contributed by atoms with Crippen LogP contribution in [0.2, 0.25) is 0 Å². The Bertz CT molecular complexity index is 2010. The average Bonchev–Trinajstić information content (AvgIpc) is 3.65. The number of alkyl halides is 1. The Morgan fingerprint density at radius 2 is 1.85 bits per heavy atom. The predicted molar refractivity (Wildman–Crippen MR) is 175 cm³/mol. The number of nitrogens with two attached hydrogens (primary N) is 1. The number of aromatic nitrogens is 4. The zero-order valence-corrected chi connectivity index (χ0v) is 25.8. The highest BCUT2D eigenvalue weighted by Gasteiger charge is 2.40. The largest absolute Gasteiger partial charge is 0.364 e. The van der Waals surface area contributed by atoms with Gasteiger partial charge < -0.3 is 20.9 Å². The molecule has 2 aliphatic rings. The molecule has 47 heavy (non-hydrogen) atoms. The van der Waals surface area contributed by atoms with E-state index in [0.29, 0.717) is 23.1 Å². The van der Waals surface area contributed by atoms with E-state index in [1.165, 1.54) is 20.7 Å². The lowest BCUT2D eigenvalue weighted by Crippen LogP contribution is -2.44. The fraction of sp³-hybridized carbons (Fsp3) is 0.257. The predicted octanol–water partition coefficient (Wildman–Crippen LogP) is 4.04. The molecule has 2 atom stereocenters. The highest BCUT2D eigenvalue weighted by atomic mass is 19.1. The molecule has 0 aliphatic carbocycles. The number of carbonyl (C=O) groups excluding carboxylic acids is 3. The summed E-state index contributed by atoms with van der Waals surface area (Å²) in [5, 5.41) is 7.73. The van der Waals surface area contributed by atoms with Gasteiger partial charge in [0, 0.05) is 60.3 Å². The van der Waals surface area contributed by atoms with Gasteiger partial charge in [-0.3, -0.25) is 24.0 Å². The van der Waals surface area contributed by atoms with Crippen LogP contribution in [0.3, 0.4) is 0 Å². The first-order chi connectivity index (χ1) is 22.7. The third-order valence-electron chi connectivity index (χ3n) is 8.80. The van der Waals surface area contributed by atoms with Crippen molar-refractivity contribution in [2.75, 3.05) is 23.3 Å². The van der Waals surface area contributed by atoms with Crippen molar-refractivity contribution >= 4 is 40.1 Å². The maximum Gasteiger partial charge on any atom is 0.269 e. The van der Waals surface area contributed by atoms with Gasteiger partial charge in [0.05, 0.1) is 12.1 Å². The Labute approximate surface area is 270 Å². The fourth-order valence-electron chi connectivity index (χ4n) is 6.52. The van der Waals surface area contributed by atoms with Crippen LogP contribution >= 0.6 is 0 Å². The van der Waals surface area contributed by atoms with Crippen LogP contribution in [0.4, 0.5) is 15.9 Å². The molecule has 3 N–H and O–H groups in total. The molecule has 0 spiro atoms. The standard InChI is InChI=1S/C35H33FN8O3/c1-21-13-27(16-31(39-21)42-12-10-22-5-2-3-6-25(22)18-42)40-35(47)30-15-26(36)19-43(30)32(45)20-44-29-9-8-23(24-7-4-11-38-17-24)14-28(29)33(41-44)34(37)46/h2-9,11,13-14,16-17,26,30H,10,12,15,18-20H2,1H3,(H2,37,46)(H,39,40,47). The first kappa shape index (κ1) is 30.0. The number of aryl methyl sites for hydroxylation is 1. The summed E-state index contributed by atoms with van der Waals surface area (Å²) in [7, 11) is 0. The van der Waals surface area contributed by atoms with Crippen LogP contribution in [-0.2, 0) is 29.1 Å². The third-order valence-corrected chi connectivity index (χ3v) is 8.80. The van der Waals surface area contributed by atoms with Gasteiger partial charge in [0.25, 0.3) is 5.91 Å². The molecule has 3 aromatic heterocycles. The van der Waals surface area contributed by atoms with Gasteiger partial charge in [0.2, 0.25) is 11.8 Å². The first-order valence-corrected chi connectivity index (χ1v) is 15.5. The quantitative estimate of drug-likeness (QED) is 0.276. The zero-order valence-electron chi connectivity index (χ0n) is 25.8. The summed E-state index contributed by atoms with van der Waals surface area (Å²) in [5.74, 6) is -0.989. The number of hydrogen-bond acceptors (Lipinski definition) is 7. The molecule has 1 saturated heterocycles. The van der Waals surface area contributed by atoms with Crippen LogP contribution in [0.1, 0.15) is 33.7 Å². The molecular formula is C35H33FN8O3. The van der Waals surface area contributed by atoms with E-state index in [2.05, 4.69) is 32.4 Å². The molecule has 2 aromatic carbocycles. The van der Waals surface area contributed by atoms with Crippen molar-refractivity contribution in [3.63, 3.8) is 0 Å². The van der Waals surface area contributed by atoms with E-state index in [1.54, 1.807) is 36.7 Å². The topological polar surface area (TPSA) is 139 Å². The van der Waals surface area contributed by atoms with Gasteiger partial charge in [0.1, 0.15) is 24.6 Å². The number of hydrogen-bond donors (Lipinski definition) is 2. The van der Waals surface area contributed by atoms with Crippen molar-refractivity contribution in [3.05, 3.63) is 102 Å². The Morgan fingerprint density at radius 1 is 1.02 bits per heavy atom. The van der Waals surface area contributed by atoms with Crippen molar-refractivity contribution in [2.24, 2.45) is 5.73 Å². The lowest BCUT2D eigenvalue weighted by atomic mass is 10.00. The monoisotopic (exact) mass is 632 g/mol. The number of primary amides is 1. The van der Waals surface area contributed by atoms with Crippen LogP contribution in [0, 0.1) is 6.92 Å². The SMILES string of the molecule is Cc1cc(NC(=O)C2CC(F)CN2C(=O)Cn2nc(C(N)=O)c3cc(-c4cccnc4)ccc32)cc(N2CCc3ccccc3C2)n1. The highest BCUT2D eigenvalue weighted by Crippen LogP contribution is 2.29. The normalized spacial score (nSPS) is 17.5. The van der Waals surface area contributed by atoms with E-state index >= 15 is 0 Å². The Morgan fingerprint density at radius 3 is 2.64 bits per heavy atom. The number of anilines is 2. The van der Waals surface area contributed by atoms with Crippen molar-refractivity contribution < 1.29 is 18.8 Å². The Balaban J connectivity index is 1.09. The number of nitrogens with zero attached hydrogens (tertiary/aromatic N) is 6. The maximum atomic E-state index is 14.8. The summed E-state index contributed by atoms with van der Waals surface area (Å²) in [6.45, 7) is 2.83. The molecule has 11 nitrogen and oxygen atoms in total. The third kappa shape index (κ3) is 6.01. The molecule has 3 amide bonds. The van der Waals surface area contributed by atoms with Gasteiger partial charge in [-0.2, -0.15) is 5.10 Å². The zero-order chi connectivity index (χ0) is 32.7. The highest BCUT2D eigenvalue weighted by molar-refractivity contribution is 6.05. The van der Waals surface area contributed by atoms with Crippen molar-refractivity contribution in [1.82, 2.24) is 24.6 Å². The average molecular weight is 633 g/mol. The molecule has 1 fully saturated rings. The van der Waals surface area contributed by atoms with Crippen LogP contribution in [0.25, 0.3) is 22.0 Å². The number of benzene rings is 2. The minimum absolute atomic E-state index is 0.0127. The first-order valence-electron chi connectivity index (χ1n) is 15.5. The number of amides is 3. The summed E-state index contributed by atoms with van der Waals surface area (Å²) < 4.78 is 16.2. The second-order valence-electron chi connectivity index (χ2n) is 12.0. The van der Waals surface area contributed by atoms with Crippen LogP contribution in [0.5, 0.6) is 0 Å². The summed E-state index contributed by atoms with van der Waals surface area (Å²) in [4.78, 5) is 51.8. The van der Waals surface area contributed by atoms with Crippen LogP contribution in [-0.4, -0.2) is 67.7 Å². The lowest BCUT2D eigenvalue weighted by molar-refractivity contribution is -0.137. The smallest absolute Gasteiger partial charge is 0.269 e. The number of likely N-dealkylation sites (tertiary alicyclic amines) is 1. The summed E-state index contributed by atoms with van der Waals surface area (Å²) in [6, 6.07) is 19.9. The summed E-state index contributed by atoms with van der Waals surface area (Å²) in [5.41, 5.74) is 11.6. The number of fused-ring (bicyclic) bond motifs is 2. The van der Waals surface area contributed by atoms with Crippen molar-refractivity contribution in [3.8, 4) is 11.1 Å². The van der Waals surface area contributed by atoms with Gasteiger partial charge in [-0.25, -0.2) is 9.37 Å². The summed E-state index contributed by atoms with van der Waals surface area (Å²) >= 11 is 0. The minimum atomic E-state index is -1.37. The van der Waals surface area contributed by atoms with Gasteiger partial charge >= 0.3 is 0 Å². The molecule has 5 heterocycles. The second-order valence-corrected chi connectivity index (χ2v) is 12.0. The van der Waals surface area contributed by atoms with Crippen molar-refractivity contribution in [1.29, 1.82) is 0 Å². The molecule has 2 aliphatic heterocycles. The number of pyridine rings is 2. The Hall–Kier alpha value is -5.65. The van der Waals surface area contributed by atoms with Crippen LogP contribution in [0.15, 0.2) is 79.1 Å². The second kappa shape index (κ2) is 12.3. The van der Waals surface area contributed by atoms with Crippen LogP contribution < -0.4 is 16.0 Å². The lowest BCUT2D eigenvalue weighted by Gasteiger charge is -2.30. The van der Waals surface area contributed by atoms with E-state index < -0.39 is 29.9 Å². The fourth-order valence-corrected chi connectivity index (χ4v) is 6.52. The molecule has 0 bridgehead atoms. The van der Waals surface area contributed by atoms with E-state index in [-0.39, 0.29) is 25.2 Å².